The van der Waals surface area contributed by atoms with Crippen LogP contribution < -0.4 is 4.74 Å². The molecule has 0 unspecified atom stereocenters. The van der Waals surface area contributed by atoms with Gasteiger partial charge in [0.05, 0.1) is 22.7 Å². The predicted molar refractivity (Wildman–Crippen MR) is 96.6 cm³/mol. The molecule has 144 valence electrons. The third-order valence-electron chi connectivity index (χ3n) is 4.12. The zero-order chi connectivity index (χ0) is 19.6. The van der Waals surface area contributed by atoms with Gasteiger partial charge < -0.3 is 9.47 Å². The van der Waals surface area contributed by atoms with Crippen LogP contribution in [0.1, 0.15) is 24.2 Å². The van der Waals surface area contributed by atoms with Gasteiger partial charge in [0, 0.05) is 19.2 Å². The van der Waals surface area contributed by atoms with E-state index in [1.54, 1.807) is 0 Å². The molecule has 0 saturated carbocycles. The molecule has 8 heteroatoms. The first-order valence-corrected chi connectivity index (χ1v) is 9.93. The Morgan fingerprint density at radius 3 is 2.33 bits per heavy atom. The Kier molecular flexibility index (Phi) is 5.59. The molecule has 0 radical (unpaired) electrons. The van der Waals surface area contributed by atoms with E-state index in [0.29, 0.717) is 0 Å². The van der Waals surface area contributed by atoms with E-state index in [1.807, 2.05) is 13.8 Å². The second kappa shape index (κ2) is 7.75. The van der Waals surface area contributed by atoms with Crippen LogP contribution in [0.25, 0.3) is 0 Å². The second-order valence-corrected chi connectivity index (χ2v) is 8.39. The third kappa shape index (κ3) is 4.52. The van der Waals surface area contributed by atoms with Gasteiger partial charge >= 0.3 is 5.97 Å². The minimum atomic E-state index is -3.68. The van der Waals surface area contributed by atoms with Crippen molar-refractivity contribution < 1.29 is 27.1 Å². The summed E-state index contributed by atoms with van der Waals surface area (Å²) in [5, 5.41) is 0. The Morgan fingerprint density at radius 2 is 1.74 bits per heavy atom. The van der Waals surface area contributed by atoms with Crippen molar-refractivity contribution in [3.63, 3.8) is 0 Å². The first kappa shape index (κ1) is 19.5. The van der Waals surface area contributed by atoms with Crippen LogP contribution in [0.15, 0.2) is 53.4 Å². The van der Waals surface area contributed by atoms with E-state index < -0.39 is 21.8 Å². The number of carbonyl (C=O) groups excluding carboxylic acids is 1. The predicted octanol–water partition coefficient (Wildman–Crippen LogP) is 2.84. The van der Waals surface area contributed by atoms with Crippen LogP contribution in [0.2, 0.25) is 0 Å². The van der Waals surface area contributed by atoms with Gasteiger partial charge in [0.1, 0.15) is 11.6 Å². The average Bonchev–Trinajstić information content (AvgIpc) is 2.61. The van der Waals surface area contributed by atoms with Gasteiger partial charge in [-0.3, -0.25) is 0 Å². The molecular weight excluding hydrogens is 373 g/mol. The third-order valence-corrected chi connectivity index (χ3v) is 5.97. The van der Waals surface area contributed by atoms with Gasteiger partial charge in [-0.25, -0.2) is 17.6 Å². The fourth-order valence-corrected chi connectivity index (χ4v) is 4.53. The molecule has 1 fully saturated rings. The van der Waals surface area contributed by atoms with E-state index in [-0.39, 0.29) is 41.5 Å². The van der Waals surface area contributed by atoms with Crippen LogP contribution in [0, 0.1) is 5.82 Å². The number of esters is 1. The average molecular weight is 393 g/mol. The van der Waals surface area contributed by atoms with Crippen molar-refractivity contribution in [3.05, 3.63) is 59.9 Å². The van der Waals surface area contributed by atoms with E-state index in [0.717, 1.165) is 6.07 Å². The Labute approximate surface area is 157 Å². The summed E-state index contributed by atoms with van der Waals surface area (Å²) in [5.74, 6) is -1.14. The summed E-state index contributed by atoms with van der Waals surface area (Å²) in [5.41, 5.74) is 0.168. The van der Waals surface area contributed by atoms with Gasteiger partial charge in [-0.2, -0.15) is 4.31 Å². The van der Waals surface area contributed by atoms with Crippen LogP contribution in [0.5, 0.6) is 5.75 Å². The molecular formula is C19H20FNO5S. The summed E-state index contributed by atoms with van der Waals surface area (Å²) in [6.07, 6.45) is -0.381. The van der Waals surface area contributed by atoms with Crippen molar-refractivity contribution in [1.29, 1.82) is 0 Å². The lowest BCUT2D eigenvalue weighted by Gasteiger charge is -2.34. The molecule has 0 aliphatic carbocycles. The first-order valence-electron chi connectivity index (χ1n) is 8.49. The van der Waals surface area contributed by atoms with E-state index in [9.17, 15) is 17.6 Å². The van der Waals surface area contributed by atoms with Gasteiger partial charge in [0.25, 0.3) is 0 Å². The molecule has 0 amide bonds. The molecule has 0 bridgehead atoms. The number of nitrogens with zero attached hydrogens (tertiary/aromatic N) is 1. The van der Waals surface area contributed by atoms with Crippen LogP contribution in [0.4, 0.5) is 4.39 Å². The van der Waals surface area contributed by atoms with Gasteiger partial charge in [0.2, 0.25) is 10.0 Å². The number of morpholine rings is 1. The first-order chi connectivity index (χ1) is 12.8. The molecule has 1 heterocycles. The number of sulfonamides is 1. The maximum Gasteiger partial charge on any atom is 0.343 e. The molecule has 0 spiro atoms. The number of ether oxygens (including phenoxy) is 2. The molecule has 1 aliphatic rings. The van der Waals surface area contributed by atoms with Crippen LogP contribution >= 0.6 is 0 Å². The number of hydrogen-bond donors (Lipinski definition) is 0. The summed E-state index contributed by atoms with van der Waals surface area (Å²) >= 11 is 0. The van der Waals surface area contributed by atoms with Gasteiger partial charge in [-0.15, -0.1) is 0 Å². The summed E-state index contributed by atoms with van der Waals surface area (Å²) in [7, 11) is -3.68. The lowest BCUT2D eigenvalue weighted by atomic mass is 10.2. The molecule has 0 aromatic heterocycles. The fraction of sp³-hybridized carbons (Fsp3) is 0.316. The minimum Gasteiger partial charge on any atom is -0.423 e. The SMILES string of the molecule is C[C@@H]1CN(S(=O)(=O)c2ccc(C(=O)Oc3cccc(F)c3)cc2)C[C@@H](C)O1. The highest BCUT2D eigenvalue weighted by Crippen LogP contribution is 2.22. The number of carbonyl (C=O) groups is 1. The highest BCUT2D eigenvalue weighted by molar-refractivity contribution is 7.89. The highest BCUT2D eigenvalue weighted by atomic mass is 32.2. The van der Waals surface area contributed by atoms with Crippen molar-refractivity contribution in [2.45, 2.75) is 31.0 Å². The van der Waals surface area contributed by atoms with Gasteiger partial charge in [0.15, 0.2) is 0 Å². The Bertz CT molecular complexity index is 919. The summed E-state index contributed by atoms with van der Waals surface area (Å²) in [4.78, 5) is 12.2. The maximum absolute atomic E-state index is 13.2. The molecule has 1 saturated heterocycles. The molecule has 1 aliphatic heterocycles. The largest absolute Gasteiger partial charge is 0.423 e. The molecule has 27 heavy (non-hydrogen) atoms. The molecule has 6 nitrogen and oxygen atoms in total. The topological polar surface area (TPSA) is 72.9 Å². The summed E-state index contributed by atoms with van der Waals surface area (Å²) in [6, 6.07) is 10.7. The number of halogens is 1. The smallest absolute Gasteiger partial charge is 0.343 e. The van der Waals surface area contributed by atoms with E-state index in [4.69, 9.17) is 9.47 Å². The molecule has 2 atom stereocenters. The standard InChI is InChI=1S/C19H20FNO5S/c1-13-11-21(12-14(2)25-13)27(23,24)18-8-6-15(7-9-18)19(22)26-17-5-3-4-16(20)10-17/h3-10,13-14H,11-12H2,1-2H3/t13-,14-/m1/s1. The maximum atomic E-state index is 13.2. The van der Waals surface area contributed by atoms with Crippen LogP contribution in [0.3, 0.4) is 0 Å². The second-order valence-electron chi connectivity index (χ2n) is 6.45. The van der Waals surface area contributed by atoms with Gasteiger partial charge in [-0.05, 0) is 50.2 Å². The zero-order valence-electron chi connectivity index (χ0n) is 15.0. The molecule has 3 rings (SSSR count). The molecule has 0 N–H and O–H groups in total. The summed E-state index contributed by atoms with van der Waals surface area (Å²) in [6.45, 7) is 4.19. The zero-order valence-corrected chi connectivity index (χ0v) is 15.8. The number of hydrogen-bond acceptors (Lipinski definition) is 5. The van der Waals surface area contributed by atoms with Crippen molar-refractivity contribution in [2.24, 2.45) is 0 Å². The monoisotopic (exact) mass is 393 g/mol. The molecule has 2 aromatic rings. The quantitative estimate of drug-likeness (QED) is 0.590. The lowest BCUT2D eigenvalue weighted by molar-refractivity contribution is -0.0440. The highest BCUT2D eigenvalue weighted by Gasteiger charge is 2.32. The van der Waals surface area contributed by atoms with E-state index in [1.165, 1.54) is 46.8 Å². The minimum absolute atomic E-state index is 0.0768. The van der Waals surface area contributed by atoms with Crippen molar-refractivity contribution in [2.75, 3.05) is 13.1 Å². The number of benzene rings is 2. The lowest BCUT2D eigenvalue weighted by Crippen LogP contribution is -2.48. The van der Waals surface area contributed by atoms with Crippen LogP contribution in [-0.4, -0.2) is 44.0 Å². The summed E-state index contributed by atoms with van der Waals surface area (Å²) < 4.78 is 50.8. The Balaban J connectivity index is 1.75. The normalized spacial score (nSPS) is 21.0. The van der Waals surface area contributed by atoms with Crippen molar-refractivity contribution in [1.82, 2.24) is 4.31 Å². The Hall–Kier alpha value is -2.29. The molecule has 2 aromatic carbocycles. The fourth-order valence-electron chi connectivity index (χ4n) is 2.94. The number of rotatable bonds is 4. The van der Waals surface area contributed by atoms with E-state index in [2.05, 4.69) is 0 Å². The van der Waals surface area contributed by atoms with Crippen LogP contribution in [-0.2, 0) is 14.8 Å². The Morgan fingerprint density at radius 1 is 1.11 bits per heavy atom. The van der Waals surface area contributed by atoms with Crippen molar-refractivity contribution in [3.8, 4) is 5.75 Å². The van der Waals surface area contributed by atoms with Crippen molar-refractivity contribution >= 4 is 16.0 Å². The van der Waals surface area contributed by atoms with E-state index >= 15 is 0 Å². The van der Waals surface area contributed by atoms with Gasteiger partial charge in [-0.1, -0.05) is 6.07 Å².